The lowest BCUT2D eigenvalue weighted by molar-refractivity contribution is 0.0601. The van der Waals surface area contributed by atoms with Crippen molar-refractivity contribution < 1.29 is 18.7 Å². The number of aromatic nitrogens is 1. The summed E-state index contributed by atoms with van der Waals surface area (Å²) in [6, 6.07) is 12.8. The minimum absolute atomic E-state index is 0.298. The van der Waals surface area contributed by atoms with Crippen LogP contribution in [0.5, 0.6) is 0 Å². The van der Waals surface area contributed by atoms with Gasteiger partial charge in [0.2, 0.25) is 0 Å². The van der Waals surface area contributed by atoms with Crippen LogP contribution in [-0.4, -0.2) is 24.0 Å². The Balaban J connectivity index is 1.58. The van der Waals surface area contributed by atoms with Gasteiger partial charge in [0.1, 0.15) is 10.7 Å². The number of rotatable bonds is 4. The first-order valence-corrected chi connectivity index (χ1v) is 11.3. The molecule has 3 heterocycles. The Hall–Kier alpha value is -3.45. The van der Waals surface area contributed by atoms with Gasteiger partial charge in [-0.1, -0.05) is 25.1 Å². The number of methoxy groups -OCH3 is 1. The number of nitrogens with zero attached hydrogens (tertiary/aromatic N) is 1. The van der Waals surface area contributed by atoms with Crippen LogP contribution < -0.4 is 5.32 Å². The molecule has 1 aliphatic rings. The lowest BCUT2D eigenvalue weighted by Gasteiger charge is -2.18. The largest absolute Gasteiger partial charge is 0.465 e. The van der Waals surface area contributed by atoms with Crippen molar-refractivity contribution in [3.8, 4) is 11.5 Å². The molecule has 0 radical (unpaired) electrons. The molecule has 1 N–H and O–H groups in total. The number of ether oxygens (including phenoxy) is 1. The Labute approximate surface area is 189 Å². The van der Waals surface area contributed by atoms with Crippen LogP contribution in [0.15, 0.2) is 53.1 Å². The van der Waals surface area contributed by atoms with Gasteiger partial charge in [0.05, 0.1) is 30.0 Å². The van der Waals surface area contributed by atoms with Crippen LogP contribution in [0.1, 0.15) is 44.5 Å². The zero-order chi connectivity index (χ0) is 22.2. The smallest absolute Gasteiger partial charge is 0.341 e. The molecule has 3 aromatic heterocycles. The van der Waals surface area contributed by atoms with E-state index in [0.29, 0.717) is 39.0 Å². The van der Waals surface area contributed by atoms with Gasteiger partial charge in [-0.2, -0.15) is 0 Å². The van der Waals surface area contributed by atoms with Crippen LogP contribution in [-0.2, 0) is 17.6 Å². The molecule has 4 aromatic rings. The normalized spacial score (nSPS) is 15.4. The number of fused-ring (bicyclic) bond motifs is 2. The van der Waals surface area contributed by atoms with Crippen LogP contribution in [0.25, 0.3) is 22.4 Å². The monoisotopic (exact) mass is 446 g/mol. The lowest BCUT2D eigenvalue weighted by Crippen LogP contribution is -2.16. The topological polar surface area (TPSA) is 81.4 Å². The molecule has 1 amide bonds. The number of hydrogen-bond donors (Lipinski definition) is 1. The summed E-state index contributed by atoms with van der Waals surface area (Å²) in [5, 5.41) is 4.27. The SMILES string of the molecule is COC(=O)c1c(NC(=O)c2cc(-c3ccco3)nc3ccccc23)sc2c1CCC(C)C2. The predicted octanol–water partition coefficient (Wildman–Crippen LogP) is 5.72. The third-order valence-corrected chi connectivity index (χ3v) is 7.03. The van der Waals surface area contributed by atoms with E-state index in [0.717, 1.165) is 35.1 Å². The van der Waals surface area contributed by atoms with Crippen LogP contribution in [0, 0.1) is 5.92 Å². The molecule has 0 saturated carbocycles. The minimum Gasteiger partial charge on any atom is -0.465 e. The standard InChI is InChI=1S/C25H22N2O4S/c1-14-9-10-16-21(12-14)32-24(22(16)25(29)30-2)27-23(28)17-13-19(20-8-5-11-31-20)26-18-7-4-3-6-15(17)18/h3-8,11,13-14H,9-10,12H2,1-2H3,(H,27,28). The molecule has 1 aromatic carbocycles. The van der Waals surface area contributed by atoms with E-state index in [9.17, 15) is 9.59 Å². The molecule has 0 spiro atoms. The minimum atomic E-state index is -0.414. The van der Waals surface area contributed by atoms with Gasteiger partial charge in [-0.05, 0) is 55.0 Å². The first-order chi connectivity index (χ1) is 15.5. The summed E-state index contributed by atoms with van der Waals surface area (Å²) in [6.07, 6.45) is 4.31. The third-order valence-electron chi connectivity index (χ3n) is 5.86. The number of anilines is 1. The molecule has 0 fully saturated rings. The van der Waals surface area contributed by atoms with Gasteiger partial charge in [-0.15, -0.1) is 11.3 Å². The highest BCUT2D eigenvalue weighted by Crippen LogP contribution is 2.40. The first-order valence-electron chi connectivity index (χ1n) is 10.5. The number of amides is 1. The van der Waals surface area contributed by atoms with E-state index in [2.05, 4.69) is 17.2 Å². The average molecular weight is 447 g/mol. The van der Waals surface area contributed by atoms with E-state index in [1.807, 2.05) is 30.3 Å². The Morgan fingerprint density at radius 2 is 2.06 bits per heavy atom. The molecule has 32 heavy (non-hydrogen) atoms. The fourth-order valence-corrected chi connectivity index (χ4v) is 5.63. The molecule has 1 aliphatic carbocycles. The number of carbonyl (C=O) groups excluding carboxylic acids is 2. The Bertz CT molecular complexity index is 1320. The van der Waals surface area contributed by atoms with Crippen molar-refractivity contribution in [2.24, 2.45) is 5.92 Å². The van der Waals surface area contributed by atoms with Crippen molar-refractivity contribution in [3.05, 3.63) is 70.3 Å². The molecule has 0 saturated heterocycles. The first kappa shape index (κ1) is 20.5. The number of pyridine rings is 1. The van der Waals surface area contributed by atoms with Crippen LogP contribution in [0.4, 0.5) is 5.00 Å². The molecule has 1 unspecified atom stereocenters. The van der Waals surface area contributed by atoms with Gasteiger partial charge >= 0.3 is 5.97 Å². The summed E-state index contributed by atoms with van der Waals surface area (Å²) in [7, 11) is 1.37. The van der Waals surface area contributed by atoms with Gasteiger partial charge in [0.15, 0.2) is 5.76 Å². The van der Waals surface area contributed by atoms with E-state index >= 15 is 0 Å². The van der Waals surface area contributed by atoms with Gasteiger partial charge in [-0.25, -0.2) is 9.78 Å². The van der Waals surface area contributed by atoms with Gasteiger partial charge in [-0.3, -0.25) is 4.79 Å². The van der Waals surface area contributed by atoms with Gasteiger partial charge in [0, 0.05) is 10.3 Å². The van der Waals surface area contributed by atoms with Crippen molar-refractivity contribution in [3.63, 3.8) is 0 Å². The van der Waals surface area contributed by atoms with Gasteiger partial charge < -0.3 is 14.5 Å². The molecular formula is C25H22N2O4S. The quantitative estimate of drug-likeness (QED) is 0.406. The fraction of sp³-hybridized carbons (Fsp3) is 0.240. The molecule has 162 valence electrons. The average Bonchev–Trinajstić information content (AvgIpc) is 3.45. The second-order valence-corrected chi connectivity index (χ2v) is 9.16. The second-order valence-electron chi connectivity index (χ2n) is 8.05. The lowest BCUT2D eigenvalue weighted by atomic mass is 9.88. The number of hydrogen-bond acceptors (Lipinski definition) is 6. The maximum absolute atomic E-state index is 13.5. The number of thiophene rings is 1. The molecule has 1 atom stereocenters. The van der Waals surface area contributed by atoms with Crippen LogP contribution in [0.2, 0.25) is 0 Å². The molecule has 5 rings (SSSR count). The third kappa shape index (κ3) is 3.58. The van der Waals surface area contributed by atoms with Crippen molar-refractivity contribution in [2.45, 2.75) is 26.2 Å². The highest BCUT2D eigenvalue weighted by atomic mass is 32.1. The van der Waals surface area contributed by atoms with Crippen molar-refractivity contribution in [1.29, 1.82) is 0 Å². The molecule has 0 bridgehead atoms. The highest BCUT2D eigenvalue weighted by Gasteiger charge is 2.29. The number of benzene rings is 1. The summed E-state index contributed by atoms with van der Waals surface area (Å²) in [5.74, 6) is 0.423. The number of furan rings is 1. The molecule has 0 aliphatic heterocycles. The maximum atomic E-state index is 13.5. The van der Waals surface area contributed by atoms with Crippen LogP contribution >= 0.6 is 11.3 Å². The highest BCUT2D eigenvalue weighted by molar-refractivity contribution is 7.17. The molecule has 6 nitrogen and oxygen atoms in total. The zero-order valence-corrected chi connectivity index (χ0v) is 18.6. The summed E-state index contributed by atoms with van der Waals surface area (Å²) in [5.41, 5.74) is 3.23. The van der Waals surface area contributed by atoms with E-state index in [-0.39, 0.29) is 5.91 Å². The van der Waals surface area contributed by atoms with E-state index in [4.69, 9.17) is 9.15 Å². The number of carbonyl (C=O) groups is 2. The Morgan fingerprint density at radius 1 is 1.22 bits per heavy atom. The number of para-hydroxylation sites is 1. The van der Waals surface area contributed by atoms with Crippen molar-refractivity contribution in [2.75, 3.05) is 12.4 Å². The molecular weight excluding hydrogens is 424 g/mol. The molecule has 7 heteroatoms. The fourth-order valence-electron chi connectivity index (χ4n) is 4.24. The Kier molecular flexibility index (Phi) is 5.27. The second kappa shape index (κ2) is 8.24. The van der Waals surface area contributed by atoms with E-state index < -0.39 is 5.97 Å². The van der Waals surface area contributed by atoms with E-state index in [1.165, 1.54) is 18.4 Å². The summed E-state index contributed by atoms with van der Waals surface area (Å²) >= 11 is 1.47. The van der Waals surface area contributed by atoms with E-state index in [1.54, 1.807) is 18.4 Å². The number of esters is 1. The Morgan fingerprint density at radius 3 is 2.84 bits per heavy atom. The maximum Gasteiger partial charge on any atom is 0.341 e. The van der Waals surface area contributed by atoms with Gasteiger partial charge in [0.25, 0.3) is 5.91 Å². The zero-order valence-electron chi connectivity index (χ0n) is 17.8. The summed E-state index contributed by atoms with van der Waals surface area (Å²) in [4.78, 5) is 31.9. The van der Waals surface area contributed by atoms with Crippen LogP contribution in [0.3, 0.4) is 0 Å². The number of nitrogens with one attached hydrogen (secondary N) is 1. The predicted molar refractivity (Wildman–Crippen MR) is 124 cm³/mol. The van der Waals surface area contributed by atoms with Crippen molar-refractivity contribution >= 4 is 39.1 Å². The summed E-state index contributed by atoms with van der Waals surface area (Å²) < 4.78 is 10.5. The van der Waals surface area contributed by atoms with Crippen molar-refractivity contribution in [1.82, 2.24) is 4.98 Å². The summed E-state index contributed by atoms with van der Waals surface area (Å²) in [6.45, 7) is 2.21.